The van der Waals surface area contributed by atoms with E-state index in [4.69, 9.17) is 11.6 Å². The Labute approximate surface area is 99.3 Å². The van der Waals surface area contributed by atoms with Gasteiger partial charge in [-0.15, -0.1) is 0 Å². The zero-order valence-electron chi connectivity index (χ0n) is 8.08. The van der Waals surface area contributed by atoms with Gasteiger partial charge in [0.1, 0.15) is 0 Å². The van der Waals surface area contributed by atoms with Crippen molar-refractivity contribution in [2.75, 3.05) is 0 Å². The van der Waals surface area contributed by atoms with E-state index in [0.717, 1.165) is 10.9 Å². The Morgan fingerprint density at radius 2 is 2.25 bits per heavy atom. The van der Waals surface area contributed by atoms with Crippen LogP contribution in [0.4, 0.5) is 0 Å². The third kappa shape index (κ3) is 1.52. The third-order valence-electron chi connectivity index (χ3n) is 1.74. The molecule has 0 amide bonds. The van der Waals surface area contributed by atoms with Crippen molar-refractivity contribution in [1.82, 2.24) is 9.55 Å². The Morgan fingerprint density at radius 1 is 1.50 bits per heavy atom. The van der Waals surface area contributed by atoms with Gasteiger partial charge >= 0.3 is 29.6 Å². The van der Waals surface area contributed by atoms with E-state index in [9.17, 15) is 0 Å². The van der Waals surface area contributed by atoms with Gasteiger partial charge in [-0.2, -0.15) is 0 Å². The molecule has 2 nitrogen and oxygen atoms in total. The minimum atomic E-state index is 0. The fourth-order valence-corrected chi connectivity index (χ4v) is 1.49. The van der Waals surface area contributed by atoms with Crippen molar-refractivity contribution in [3.63, 3.8) is 0 Å². The second kappa shape index (κ2) is 3.79. The first-order valence-electron chi connectivity index (χ1n) is 3.34. The second-order valence-corrected chi connectivity index (χ2v) is 2.82. The summed E-state index contributed by atoms with van der Waals surface area (Å²) in [7, 11) is 1.95. The van der Waals surface area contributed by atoms with E-state index in [-0.39, 0.29) is 31.0 Å². The van der Waals surface area contributed by atoms with Crippen molar-refractivity contribution in [2.45, 2.75) is 0 Å². The predicted molar refractivity (Wildman–Crippen MR) is 46.8 cm³/mol. The average molecular weight is 191 g/mol. The average Bonchev–Trinajstić information content (AvgIpc) is 2.34. The number of rotatable bonds is 0. The molecule has 0 N–H and O–H groups in total. The summed E-state index contributed by atoms with van der Waals surface area (Å²) >= 11 is 5.87. The Hall–Kier alpha value is -0.0200. The van der Waals surface area contributed by atoms with Crippen molar-refractivity contribution in [3.8, 4) is 0 Å². The van der Waals surface area contributed by atoms with Gasteiger partial charge in [-0.3, -0.25) is 0 Å². The fraction of sp³-hybridized carbons (Fsp3) is 0.125. The van der Waals surface area contributed by atoms with E-state index in [2.05, 4.69) is 4.98 Å². The van der Waals surface area contributed by atoms with Gasteiger partial charge in [-0.1, -0.05) is 11.6 Å². The molecule has 0 spiro atoms. The number of fused-ring (bicyclic) bond motifs is 1. The standard InChI is InChI=1S/C8H7ClN2.Na.H/c1-11-5-3-6-2-4-10-8(9)7(6)11;;/h2-5H,1H3;;/q;+1;-1. The maximum absolute atomic E-state index is 5.87. The van der Waals surface area contributed by atoms with E-state index in [1.807, 2.05) is 29.9 Å². The van der Waals surface area contributed by atoms with Gasteiger partial charge in [0, 0.05) is 24.8 Å². The molecule has 0 radical (unpaired) electrons. The number of aromatic nitrogens is 2. The summed E-state index contributed by atoms with van der Waals surface area (Å²) in [5.41, 5.74) is 0.995. The summed E-state index contributed by atoms with van der Waals surface area (Å²) in [6.45, 7) is 0. The van der Waals surface area contributed by atoms with Crippen LogP contribution in [0.15, 0.2) is 24.5 Å². The zero-order chi connectivity index (χ0) is 7.84. The zero-order valence-corrected chi connectivity index (χ0v) is 9.84. The van der Waals surface area contributed by atoms with Crippen LogP contribution in [0.5, 0.6) is 0 Å². The molecule has 12 heavy (non-hydrogen) atoms. The van der Waals surface area contributed by atoms with Crippen LogP contribution in [-0.2, 0) is 7.05 Å². The molecule has 2 rings (SSSR count). The van der Waals surface area contributed by atoms with Crippen molar-refractivity contribution < 1.29 is 31.0 Å². The maximum atomic E-state index is 5.87. The van der Waals surface area contributed by atoms with Gasteiger partial charge < -0.3 is 5.99 Å². The number of hydrogen-bond donors (Lipinski definition) is 0. The molecule has 0 fully saturated rings. The molecule has 0 aliphatic rings. The molecule has 0 saturated heterocycles. The van der Waals surface area contributed by atoms with Gasteiger partial charge in [-0.05, 0) is 12.1 Å². The maximum Gasteiger partial charge on any atom is 1.00 e. The normalized spacial score (nSPS) is 9.83. The Bertz CT molecular complexity index is 402. The molecule has 0 saturated carbocycles. The van der Waals surface area contributed by atoms with Gasteiger partial charge in [0.2, 0.25) is 0 Å². The Balaban J connectivity index is 0.000000720. The summed E-state index contributed by atoms with van der Waals surface area (Å²) in [4.78, 5) is 3.98. The van der Waals surface area contributed by atoms with Crippen molar-refractivity contribution in [1.29, 1.82) is 0 Å². The Kier molecular flexibility index (Phi) is 3.18. The largest absolute Gasteiger partial charge is 1.00 e. The molecule has 0 aromatic carbocycles. The molecule has 0 aliphatic carbocycles. The van der Waals surface area contributed by atoms with Crippen LogP contribution in [0.1, 0.15) is 1.43 Å². The minimum absolute atomic E-state index is 0. The number of aryl methyl sites for hydroxylation is 1. The van der Waals surface area contributed by atoms with Crippen LogP contribution in [0.25, 0.3) is 10.9 Å². The fourth-order valence-electron chi connectivity index (χ4n) is 1.19. The SMILES string of the molecule is Cn1ccc2ccnc(Cl)c21.[H-].[Na+]. The van der Waals surface area contributed by atoms with Crippen LogP contribution in [0.2, 0.25) is 5.15 Å². The molecule has 0 atom stereocenters. The molecule has 0 unspecified atom stereocenters. The van der Waals surface area contributed by atoms with Crippen molar-refractivity contribution >= 4 is 22.5 Å². The molecule has 4 heteroatoms. The first kappa shape index (κ1) is 10.1. The first-order valence-corrected chi connectivity index (χ1v) is 3.72. The quantitative estimate of drug-likeness (QED) is 0.399. The Morgan fingerprint density at radius 3 is 2.92 bits per heavy atom. The van der Waals surface area contributed by atoms with E-state index in [1.54, 1.807) is 6.20 Å². The van der Waals surface area contributed by atoms with Crippen LogP contribution < -0.4 is 29.6 Å². The van der Waals surface area contributed by atoms with E-state index < -0.39 is 0 Å². The number of halogens is 1. The molecular weight excluding hydrogens is 183 g/mol. The third-order valence-corrected chi connectivity index (χ3v) is 2.02. The summed E-state index contributed by atoms with van der Waals surface area (Å²) < 4.78 is 1.96. The van der Waals surface area contributed by atoms with E-state index >= 15 is 0 Å². The summed E-state index contributed by atoms with van der Waals surface area (Å²) in [6.07, 6.45) is 3.68. The van der Waals surface area contributed by atoms with Crippen LogP contribution in [0.3, 0.4) is 0 Å². The molecular formula is C8H8ClN2Na. The van der Waals surface area contributed by atoms with Gasteiger partial charge in [0.25, 0.3) is 0 Å². The summed E-state index contributed by atoms with van der Waals surface area (Å²) in [5.74, 6) is 0. The molecule has 2 aromatic heterocycles. The van der Waals surface area contributed by atoms with Gasteiger partial charge in [-0.25, -0.2) is 4.98 Å². The predicted octanol–water partition coefficient (Wildman–Crippen LogP) is -0.657. The molecule has 2 heterocycles. The topological polar surface area (TPSA) is 17.8 Å². The molecule has 0 aliphatic heterocycles. The number of hydrogen-bond acceptors (Lipinski definition) is 1. The van der Waals surface area contributed by atoms with Crippen LogP contribution >= 0.6 is 11.6 Å². The van der Waals surface area contributed by atoms with Crippen LogP contribution in [-0.4, -0.2) is 9.55 Å². The van der Waals surface area contributed by atoms with Crippen molar-refractivity contribution in [3.05, 3.63) is 29.7 Å². The summed E-state index contributed by atoms with van der Waals surface area (Å²) in [6, 6.07) is 3.96. The first-order chi connectivity index (χ1) is 5.29. The van der Waals surface area contributed by atoms with Gasteiger partial charge in [0.15, 0.2) is 5.15 Å². The van der Waals surface area contributed by atoms with E-state index in [0.29, 0.717) is 5.15 Å². The smallest absolute Gasteiger partial charge is 1.00 e. The minimum Gasteiger partial charge on any atom is -1.00 e. The van der Waals surface area contributed by atoms with Gasteiger partial charge in [0.05, 0.1) is 5.52 Å². The molecule has 0 bridgehead atoms. The molecule has 58 valence electrons. The number of pyridine rings is 1. The number of nitrogens with zero attached hydrogens (tertiary/aromatic N) is 2. The van der Waals surface area contributed by atoms with Crippen LogP contribution in [0, 0.1) is 0 Å². The summed E-state index contributed by atoms with van der Waals surface area (Å²) in [5, 5.41) is 1.70. The molecule has 2 aromatic rings. The second-order valence-electron chi connectivity index (χ2n) is 2.47. The van der Waals surface area contributed by atoms with E-state index in [1.165, 1.54) is 0 Å². The van der Waals surface area contributed by atoms with Crippen molar-refractivity contribution in [2.24, 2.45) is 7.05 Å². The monoisotopic (exact) mass is 190 g/mol.